The molecule has 19 heavy (non-hydrogen) atoms. The number of aryl methyl sites for hydroxylation is 2. The van der Waals surface area contributed by atoms with Gasteiger partial charge < -0.3 is 13.6 Å². The zero-order valence-corrected chi connectivity index (χ0v) is 10.6. The monoisotopic (exact) mass is 256 g/mol. The number of hydrogen-bond donors (Lipinski definition) is 0. The van der Waals surface area contributed by atoms with E-state index >= 15 is 0 Å². The molecule has 0 saturated carbocycles. The van der Waals surface area contributed by atoms with E-state index in [0.717, 1.165) is 11.3 Å². The third-order valence-electron chi connectivity index (χ3n) is 3.30. The van der Waals surface area contributed by atoms with Crippen molar-refractivity contribution >= 4 is 11.0 Å². The summed E-state index contributed by atoms with van der Waals surface area (Å²) in [6.07, 6.45) is 1.60. The van der Waals surface area contributed by atoms with Crippen molar-refractivity contribution in [1.82, 2.24) is 9.13 Å². The second-order valence-electron chi connectivity index (χ2n) is 4.41. The van der Waals surface area contributed by atoms with Crippen LogP contribution in [0.1, 0.15) is 0 Å². The summed E-state index contributed by atoms with van der Waals surface area (Å²) in [7, 11) is 3.19. The topological polar surface area (TPSA) is 57.1 Å². The molecule has 2 heterocycles. The Morgan fingerprint density at radius 3 is 2.26 bits per heavy atom. The molecular formula is C14H12N2O3. The van der Waals surface area contributed by atoms with E-state index in [4.69, 9.17) is 4.42 Å². The highest BCUT2D eigenvalue weighted by molar-refractivity contribution is 5.80. The van der Waals surface area contributed by atoms with E-state index in [1.165, 1.54) is 9.13 Å². The Labute approximate surface area is 108 Å². The molecule has 0 atom stereocenters. The predicted octanol–water partition coefficient (Wildman–Crippen LogP) is 1.50. The van der Waals surface area contributed by atoms with Crippen LogP contribution in [0.5, 0.6) is 0 Å². The molecule has 0 spiro atoms. The number of benzene rings is 1. The van der Waals surface area contributed by atoms with E-state index < -0.39 is 11.1 Å². The van der Waals surface area contributed by atoms with Crippen LogP contribution in [0.15, 0.2) is 50.6 Å². The van der Waals surface area contributed by atoms with E-state index in [2.05, 4.69) is 0 Å². The molecule has 0 aliphatic carbocycles. The Bertz CT molecular complexity index is 870. The van der Waals surface area contributed by atoms with Crippen LogP contribution < -0.4 is 11.1 Å². The lowest BCUT2D eigenvalue weighted by Crippen LogP contribution is -2.39. The normalized spacial score (nSPS) is 11.1. The van der Waals surface area contributed by atoms with Gasteiger partial charge in [-0.1, -0.05) is 0 Å². The average Bonchev–Trinajstić information content (AvgIpc) is 2.96. The van der Waals surface area contributed by atoms with Crippen LogP contribution in [0, 0.1) is 0 Å². The second kappa shape index (κ2) is 3.98. The summed E-state index contributed by atoms with van der Waals surface area (Å²) in [5.41, 5.74) is 1.21. The van der Waals surface area contributed by atoms with Crippen LogP contribution in [-0.2, 0) is 14.1 Å². The van der Waals surface area contributed by atoms with Crippen molar-refractivity contribution in [2.45, 2.75) is 0 Å². The van der Waals surface area contributed by atoms with Crippen LogP contribution in [0.3, 0.4) is 0 Å². The lowest BCUT2D eigenvalue weighted by Gasteiger charge is -2.09. The summed E-state index contributed by atoms with van der Waals surface area (Å²) < 4.78 is 8.07. The fraction of sp³-hybridized carbons (Fsp3) is 0.143. The zero-order valence-electron chi connectivity index (χ0n) is 10.6. The highest BCUT2D eigenvalue weighted by atomic mass is 16.3. The van der Waals surface area contributed by atoms with Crippen molar-refractivity contribution in [2.75, 3.05) is 0 Å². The SMILES string of the molecule is Cn1c(=O)c(=O)n(C)c2cc(-c3ccco3)ccc21. The van der Waals surface area contributed by atoms with E-state index in [1.807, 2.05) is 24.3 Å². The van der Waals surface area contributed by atoms with Gasteiger partial charge in [-0.3, -0.25) is 9.59 Å². The summed E-state index contributed by atoms with van der Waals surface area (Å²) in [5.74, 6) is 0.725. The molecule has 0 aliphatic rings. The van der Waals surface area contributed by atoms with Gasteiger partial charge in [0, 0.05) is 19.7 Å². The van der Waals surface area contributed by atoms with Gasteiger partial charge in [-0.15, -0.1) is 0 Å². The Balaban J connectivity index is 2.42. The van der Waals surface area contributed by atoms with E-state index in [0.29, 0.717) is 11.0 Å². The molecule has 1 aromatic carbocycles. The smallest absolute Gasteiger partial charge is 0.316 e. The van der Waals surface area contributed by atoms with Crippen LogP contribution in [0.25, 0.3) is 22.4 Å². The Hall–Kier alpha value is -2.56. The maximum absolute atomic E-state index is 11.8. The molecular weight excluding hydrogens is 244 g/mol. The van der Waals surface area contributed by atoms with Crippen LogP contribution >= 0.6 is 0 Å². The molecule has 2 aromatic heterocycles. The van der Waals surface area contributed by atoms with E-state index in [9.17, 15) is 9.59 Å². The van der Waals surface area contributed by atoms with Gasteiger partial charge in [0.25, 0.3) is 0 Å². The highest BCUT2D eigenvalue weighted by Crippen LogP contribution is 2.23. The van der Waals surface area contributed by atoms with Crippen molar-refractivity contribution in [3.8, 4) is 11.3 Å². The summed E-state index contributed by atoms with van der Waals surface area (Å²) in [4.78, 5) is 23.5. The zero-order chi connectivity index (χ0) is 13.6. The van der Waals surface area contributed by atoms with Crippen molar-refractivity contribution in [1.29, 1.82) is 0 Å². The van der Waals surface area contributed by atoms with Gasteiger partial charge in [-0.05, 0) is 30.3 Å². The highest BCUT2D eigenvalue weighted by Gasteiger charge is 2.10. The minimum absolute atomic E-state index is 0.527. The first-order valence-electron chi connectivity index (χ1n) is 5.83. The third kappa shape index (κ3) is 1.62. The largest absolute Gasteiger partial charge is 0.464 e. The number of hydrogen-bond acceptors (Lipinski definition) is 3. The molecule has 0 saturated heterocycles. The fourth-order valence-electron chi connectivity index (χ4n) is 2.18. The molecule has 0 unspecified atom stereocenters. The minimum Gasteiger partial charge on any atom is -0.464 e. The summed E-state index contributed by atoms with van der Waals surface area (Å²) >= 11 is 0. The van der Waals surface area contributed by atoms with Gasteiger partial charge in [0.05, 0.1) is 17.3 Å². The lowest BCUT2D eigenvalue weighted by atomic mass is 10.1. The van der Waals surface area contributed by atoms with Crippen LogP contribution in [0.2, 0.25) is 0 Å². The molecule has 0 radical (unpaired) electrons. The van der Waals surface area contributed by atoms with Gasteiger partial charge in [-0.25, -0.2) is 0 Å². The Morgan fingerprint density at radius 1 is 0.947 bits per heavy atom. The lowest BCUT2D eigenvalue weighted by molar-refractivity contribution is 0.582. The first-order chi connectivity index (χ1) is 9.09. The summed E-state index contributed by atoms with van der Waals surface area (Å²) in [6.45, 7) is 0. The standard InChI is InChI=1S/C14H12N2O3/c1-15-10-6-5-9(12-4-3-7-19-12)8-11(10)16(2)14(18)13(15)17/h3-8H,1-2H3. The maximum Gasteiger partial charge on any atom is 0.316 e. The molecule has 5 heteroatoms. The predicted molar refractivity (Wildman–Crippen MR) is 72.1 cm³/mol. The van der Waals surface area contributed by atoms with Crippen molar-refractivity contribution in [2.24, 2.45) is 14.1 Å². The first-order valence-corrected chi connectivity index (χ1v) is 5.83. The molecule has 0 aliphatic heterocycles. The van der Waals surface area contributed by atoms with Gasteiger partial charge >= 0.3 is 11.1 Å². The molecule has 96 valence electrons. The molecule has 0 N–H and O–H groups in total. The van der Waals surface area contributed by atoms with Gasteiger partial charge in [0.2, 0.25) is 0 Å². The van der Waals surface area contributed by atoms with Crippen molar-refractivity contribution in [3.05, 3.63) is 57.3 Å². The van der Waals surface area contributed by atoms with E-state index in [1.54, 1.807) is 26.4 Å². The molecule has 0 fully saturated rings. The van der Waals surface area contributed by atoms with Crippen LogP contribution in [0.4, 0.5) is 0 Å². The number of fused-ring (bicyclic) bond motifs is 1. The maximum atomic E-state index is 11.8. The van der Waals surface area contributed by atoms with Crippen LogP contribution in [-0.4, -0.2) is 9.13 Å². The number of nitrogens with zero attached hydrogens (tertiary/aromatic N) is 2. The van der Waals surface area contributed by atoms with Crippen molar-refractivity contribution in [3.63, 3.8) is 0 Å². The Morgan fingerprint density at radius 2 is 1.63 bits per heavy atom. The average molecular weight is 256 g/mol. The minimum atomic E-state index is -0.536. The number of furan rings is 1. The molecule has 0 amide bonds. The van der Waals surface area contributed by atoms with E-state index in [-0.39, 0.29) is 0 Å². The summed E-state index contributed by atoms with van der Waals surface area (Å²) in [6, 6.07) is 9.18. The summed E-state index contributed by atoms with van der Waals surface area (Å²) in [5, 5.41) is 0. The molecule has 3 rings (SSSR count). The molecule has 0 bridgehead atoms. The third-order valence-corrected chi connectivity index (χ3v) is 3.30. The fourth-order valence-corrected chi connectivity index (χ4v) is 2.18. The van der Waals surface area contributed by atoms with Crippen molar-refractivity contribution < 1.29 is 4.42 Å². The molecule has 3 aromatic rings. The Kier molecular flexibility index (Phi) is 2.41. The van der Waals surface area contributed by atoms with Gasteiger partial charge in [0.15, 0.2) is 0 Å². The second-order valence-corrected chi connectivity index (χ2v) is 4.41. The number of rotatable bonds is 1. The van der Waals surface area contributed by atoms with Gasteiger partial charge in [0.1, 0.15) is 5.76 Å². The molecule has 5 nitrogen and oxygen atoms in total. The van der Waals surface area contributed by atoms with Gasteiger partial charge in [-0.2, -0.15) is 0 Å². The number of aromatic nitrogens is 2. The first kappa shape index (κ1) is 11.5. The quantitative estimate of drug-likeness (QED) is 0.620.